The van der Waals surface area contributed by atoms with E-state index in [4.69, 9.17) is 9.84 Å². The number of ether oxygens (including phenoxy) is 1. The van der Waals surface area contributed by atoms with Crippen LogP contribution in [0.1, 0.15) is 52.9 Å². The van der Waals surface area contributed by atoms with Gasteiger partial charge in [0.2, 0.25) is 0 Å². The molecule has 1 saturated heterocycles. The largest absolute Gasteiger partial charge is 0.366 e. The molecule has 2 heterocycles. The van der Waals surface area contributed by atoms with Gasteiger partial charge in [0, 0.05) is 35.5 Å². The van der Waals surface area contributed by atoms with Gasteiger partial charge >= 0.3 is 0 Å². The first kappa shape index (κ1) is 16.5. The van der Waals surface area contributed by atoms with E-state index in [1.807, 2.05) is 0 Å². The van der Waals surface area contributed by atoms with Gasteiger partial charge in [-0.2, -0.15) is 5.10 Å². The second kappa shape index (κ2) is 5.73. The van der Waals surface area contributed by atoms with Crippen molar-refractivity contribution in [1.29, 1.82) is 0 Å². The van der Waals surface area contributed by atoms with Crippen molar-refractivity contribution in [3.05, 3.63) is 17.5 Å². The fourth-order valence-corrected chi connectivity index (χ4v) is 2.80. The molecule has 1 aromatic heterocycles. The minimum absolute atomic E-state index is 0.0884. The molecule has 1 aliphatic rings. The van der Waals surface area contributed by atoms with Gasteiger partial charge in [-0.25, -0.2) is 0 Å². The lowest BCUT2D eigenvalue weighted by molar-refractivity contribution is -0.0384. The van der Waals surface area contributed by atoms with Crippen LogP contribution in [0.4, 0.5) is 0 Å². The van der Waals surface area contributed by atoms with E-state index < -0.39 is 0 Å². The normalized spacial score (nSPS) is 21.8. The predicted octanol–water partition coefficient (Wildman–Crippen LogP) is 3.01. The molecule has 0 amide bonds. The third kappa shape index (κ3) is 4.07. The molecule has 0 aliphatic carbocycles. The zero-order chi connectivity index (χ0) is 15.8. The zero-order valence-corrected chi connectivity index (χ0v) is 14.7. The van der Waals surface area contributed by atoms with Gasteiger partial charge in [-0.1, -0.05) is 41.5 Å². The Labute approximate surface area is 129 Å². The molecular formula is C17H31N3O. The molecule has 1 atom stereocenters. The summed E-state index contributed by atoms with van der Waals surface area (Å²) in [7, 11) is 2.11. The fourth-order valence-electron chi connectivity index (χ4n) is 2.80. The Bertz CT molecular complexity index is 479. The number of rotatable bonds is 2. The Morgan fingerprint density at radius 1 is 1.19 bits per heavy atom. The Balaban J connectivity index is 2.26. The summed E-state index contributed by atoms with van der Waals surface area (Å²) in [6.07, 6.45) is 0. The third-order valence-corrected chi connectivity index (χ3v) is 3.98. The van der Waals surface area contributed by atoms with E-state index in [2.05, 4.69) is 64.2 Å². The average molecular weight is 293 g/mol. The van der Waals surface area contributed by atoms with Gasteiger partial charge in [0.1, 0.15) is 0 Å². The van der Waals surface area contributed by atoms with Gasteiger partial charge < -0.3 is 4.74 Å². The SMILES string of the molecule is CN1COCC(Cn2nc(C(C)(C)C)cc2C(C)(C)C)C1. The van der Waals surface area contributed by atoms with Crippen LogP contribution >= 0.6 is 0 Å². The maximum absolute atomic E-state index is 5.65. The first-order valence-electron chi connectivity index (χ1n) is 7.92. The molecule has 0 bridgehead atoms. The Morgan fingerprint density at radius 3 is 2.38 bits per heavy atom. The first-order valence-corrected chi connectivity index (χ1v) is 7.92. The van der Waals surface area contributed by atoms with Gasteiger partial charge in [0.25, 0.3) is 0 Å². The third-order valence-electron chi connectivity index (χ3n) is 3.98. The van der Waals surface area contributed by atoms with E-state index in [9.17, 15) is 0 Å². The van der Waals surface area contributed by atoms with E-state index in [-0.39, 0.29) is 10.8 Å². The highest BCUT2D eigenvalue weighted by molar-refractivity contribution is 5.22. The molecule has 0 radical (unpaired) electrons. The van der Waals surface area contributed by atoms with Crippen LogP contribution in [0, 0.1) is 5.92 Å². The van der Waals surface area contributed by atoms with E-state index in [0.29, 0.717) is 5.92 Å². The molecule has 1 unspecified atom stereocenters. The molecule has 0 saturated carbocycles. The number of nitrogens with zero attached hydrogens (tertiary/aromatic N) is 3. The molecule has 0 aromatic carbocycles. The van der Waals surface area contributed by atoms with E-state index in [1.165, 1.54) is 11.4 Å². The minimum atomic E-state index is 0.0884. The van der Waals surface area contributed by atoms with Crippen molar-refractivity contribution >= 4 is 0 Å². The summed E-state index contributed by atoms with van der Waals surface area (Å²) in [6.45, 7) is 17.1. The van der Waals surface area contributed by atoms with Gasteiger partial charge in [0.15, 0.2) is 0 Å². The van der Waals surface area contributed by atoms with Crippen LogP contribution in [0.5, 0.6) is 0 Å². The number of hydrogen-bond acceptors (Lipinski definition) is 3. The van der Waals surface area contributed by atoms with Gasteiger partial charge in [-0.3, -0.25) is 9.58 Å². The molecule has 1 fully saturated rings. The van der Waals surface area contributed by atoms with Gasteiger partial charge in [0.05, 0.1) is 19.0 Å². The maximum atomic E-state index is 5.65. The smallest absolute Gasteiger partial charge is 0.0987 e. The molecule has 4 nitrogen and oxygen atoms in total. The van der Waals surface area contributed by atoms with Crippen LogP contribution in [-0.4, -0.2) is 41.6 Å². The van der Waals surface area contributed by atoms with Crippen molar-refractivity contribution in [3.63, 3.8) is 0 Å². The molecule has 21 heavy (non-hydrogen) atoms. The Morgan fingerprint density at radius 2 is 1.86 bits per heavy atom. The van der Waals surface area contributed by atoms with Crippen molar-refractivity contribution in [1.82, 2.24) is 14.7 Å². The number of aromatic nitrogens is 2. The molecule has 0 N–H and O–H groups in total. The monoisotopic (exact) mass is 293 g/mol. The molecule has 120 valence electrons. The lowest BCUT2D eigenvalue weighted by Crippen LogP contribution is -2.39. The van der Waals surface area contributed by atoms with E-state index in [0.717, 1.165) is 26.4 Å². The quantitative estimate of drug-likeness (QED) is 0.839. The van der Waals surface area contributed by atoms with Crippen LogP contribution in [0.2, 0.25) is 0 Å². The highest BCUT2D eigenvalue weighted by Gasteiger charge is 2.27. The van der Waals surface area contributed by atoms with Crippen LogP contribution in [-0.2, 0) is 22.1 Å². The summed E-state index contributed by atoms with van der Waals surface area (Å²) in [5.41, 5.74) is 2.70. The topological polar surface area (TPSA) is 30.3 Å². The standard InChI is InChI=1S/C17H31N3O/c1-16(2,3)14-8-15(17(4,5)6)20(18-14)10-13-9-19(7)12-21-11-13/h8,13H,9-12H2,1-7H3. The van der Waals surface area contributed by atoms with Gasteiger partial charge in [-0.05, 0) is 13.1 Å². The fraction of sp³-hybridized carbons (Fsp3) is 0.824. The number of hydrogen-bond donors (Lipinski definition) is 0. The second-order valence-electron chi connectivity index (χ2n) is 8.50. The molecule has 0 spiro atoms. The highest BCUT2D eigenvalue weighted by Crippen LogP contribution is 2.29. The summed E-state index contributed by atoms with van der Waals surface area (Å²) in [4.78, 5) is 2.24. The van der Waals surface area contributed by atoms with E-state index >= 15 is 0 Å². The van der Waals surface area contributed by atoms with Crippen molar-refractivity contribution in [2.75, 3.05) is 26.9 Å². The van der Waals surface area contributed by atoms with Crippen molar-refractivity contribution in [2.45, 2.75) is 58.9 Å². The van der Waals surface area contributed by atoms with Crippen LogP contribution in [0.15, 0.2) is 6.07 Å². The lowest BCUT2D eigenvalue weighted by atomic mass is 9.88. The maximum Gasteiger partial charge on any atom is 0.0987 e. The summed E-state index contributed by atoms with van der Waals surface area (Å²) >= 11 is 0. The minimum Gasteiger partial charge on any atom is -0.366 e. The van der Waals surface area contributed by atoms with Crippen molar-refractivity contribution < 1.29 is 4.74 Å². The second-order valence-corrected chi connectivity index (χ2v) is 8.50. The Hall–Kier alpha value is -0.870. The van der Waals surface area contributed by atoms with Crippen LogP contribution < -0.4 is 0 Å². The molecule has 4 heteroatoms. The Kier molecular flexibility index (Phi) is 4.50. The van der Waals surface area contributed by atoms with E-state index in [1.54, 1.807) is 0 Å². The summed E-state index contributed by atoms with van der Waals surface area (Å²) in [5, 5.41) is 4.91. The van der Waals surface area contributed by atoms with Crippen LogP contribution in [0.3, 0.4) is 0 Å². The lowest BCUT2D eigenvalue weighted by Gasteiger charge is -2.31. The highest BCUT2D eigenvalue weighted by atomic mass is 16.5. The predicted molar refractivity (Wildman–Crippen MR) is 86.6 cm³/mol. The van der Waals surface area contributed by atoms with Crippen molar-refractivity contribution in [2.24, 2.45) is 5.92 Å². The first-order chi connectivity index (χ1) is 9.57. The molecule has 1 aliphatic heterocycles. The zero-order valence-electron chi connectivity index (χ0n) is 14.7. The van der Waals surface area contributed by atoms with Gasteiger partial charge in [-0.15, -0.1) is 0 Å². The molecule has 1 aromatic rings. The molecular weight excluding hydrogens is 262 g/mol. The summed E-state index contributed by atoms with van der Waals surface area (Å²) in [6, 6.07) is 2.29. The average Bonchev–Trinajstić information content (AvgIpc) is 2.72. The molecule has 2 rings (SSSR count). The van der Waals surface area contributed by atoms with Crippen molar-refractivity contribution in [3.8, 4) is 0 Å². The summed E-state index contributed by atoms with van der Waals surface area (Å²) in [5.74, 6) is 0.512. The summed E-state index contributed by atoms with van der Waals surface area (Å²) < 4.78 is 7.87. The van der Waals surface area contributed by atoms with Crippen LogP contribution in [0.25, 0.3) is 0 Å².